The lowest BCUT2D eigenvalue weighted by atomic mass is 10.00. The summed E-state index contributed by atoms with van der Waals surface area (Å²) in [4.78, 5) is 32.9. The molecule has 0 radical (unpaired) electrons. The molecule has 1 aliphatic rings. The lowest BCUT2D eigenvalue weighted by Crippen LogP contribution is -2.57. The van der Waals surface area contributed by atoms with Crippen molar-refractivity contribution in [3.8, 4) is 0 Å². The minimum atomic E-state index is -4.92. The molecule has 126 valence electrons. The van der Waals surface area contributed by atoms with E-state index in [1.54, 1.807) is 0 Å². The zero-order chi connectivity index (χ0) is 17.1. The molecule has 0 aliphatic carbocycles. The van der Waals surface area contributed by atoms with E-state index >= 15 is 0 Å². The van der Waals surface area contributed by atoms with Gasteiger partial charge >= 0.3 is 24.1 Å². The predicted molar refractivity (Wildman–Crippen MR) is 62.2 cm³/mol. The first-order valence-corrected chi connectivity index (χ1v) is 6.24. The van der Waals surface area contributed by atoms with Crippen molar-refractivity contribution in [1.29, 1.82) is 0 Å². The Kier molecular flexibility index (Phi) is 5.75. The van der Waals surface area contributed by atoms with E-state index < -0.39 is 48.7 Å². The van der Waals surface area contributed by atoms with Crippen LogP contribution in [0.25, 0.3) is 0 Å². The van der Waals surface area contributed by atoms with Gasteiger partial charge in [-0.1, -0.05) is 0 Å². The molecule has 0 aromatic carbocycles. The fourth-order valence-electron chi connectivity index (χ4n) is 2.00. The van der Waals surface area contributed by atoms with Crippen molar-refractivity contribution in [3.63, 3.8) is 0 Å². The molecule has 4 atom stereocenters. The van der Waals surface area contributed by atoms with E-state index in [9.17, 15) is 27.6 Å². The number of carbonyl (C=O) groups excluding carboxylic acids is 3. The molecule has 10 heteroatoms. The van der Waals surface area contributed by atoms with Gasteiger partial charge in [0, 0.05) is 20.8 Å². The van der Waals surface area contributed by atoms with Crippen LogP contribution in [-0.4, -0.2) is 48.7 Å². The molecule has 0 aromatic heterocycles. The van der Waals surface area contributed by atoms with E-state index in [-0.39, 0.29) is 6.42 Å². The molecule has 0 bridgehead atoms. The van der Waals surface area contributed by atoms with E-state index in [1.165, 1.54) is 0 Å². The standard InChI is InChI=1S/C12H15F3O7/c1-5(16)19-8-4-9(20-6(2)17)22-11(12(13,14)15)10(8)21-7(3)18/h8-11H,4H2,1-3H3/t8-,9+,10+,11+/m0/s1. The van der Waals surface area contributed by atoms with Crippen LogP contribution in [0.2, 0.25) is 0 Å². The van der Waals surface area contributed by atoms with Crippen LogP contribution < -0.4 is 0 Å². The molecule has 0 aromatic rings. The van der Waals surface area contributed by atoms with Gasteiger partial charge in [0.1, 0.15) is 6.10 Å². The van der Waals surface area contributed by atoms with Crippen molar-refractivity contribution in [2.24, 2.45) is 0 Å². The molecule has 1 heterocycles. The molecule has 0 unspecified atom stereocenters. The third-order valence-electron chi connectivity index (χ3n) is 2.63. The molecule has 7 nitrogen and oxygen atoms in total. The second-order valence-corrected chi connectivity index (χ2v) is 4.59. The van der Waals surface area contributed by atoms with Gasteiger partial charge < -0.3 is 18.9 Å². The molecular weight excluding hydrogens is 313 g/mol. The molecule has 22 heavy (non-hydrogen) atoms. The fourth-order valence-corrected chi connectivity index (χ4v) is 2.00. The lowest BCUT2D eigenvalue weighted by molar-refractivity contribution is -0.324. The number of carbonyl (C=O) groups is 3. The van der Waals surface area contributed by atoms with E-state index in [0.717, 1.165) is 20.8 Å². The normalized spacial score (nSPS) is 28.6. The topological polar surface area (TPSA) is 88.1 Å². The molecule has 0 saturated carbocycles. The van der Waals surface area contributed by atoms with Gasteiger partial charge in [0.25, 0.3) is 0 Å². The van der Waals surface area contributed by atoms with Gasteiger partial charge in [0.15, 0.2) is 12.2 Å². The SMILES string of the molecule is CC(=O)O[C@H]1C[C@H](OC(C)=O)[C@@H](OC(C)=O)[C@H](C(F)(F)F)O1. The molecule has 0 N–H and O–H groups in total. The third kappa shape index (κ3) is 5.17. The summed E-state index contributed by atoms with van der Waals surface area (Å²) in [7, 11) is 0. The highest BCUT2D eigenvalue weighted by Crippen LogP contribution is 2.36. The third-order valence-corrected chi connectivity index (χ3v) is 2.63. The van der Waals surface area contributed by atoms with Crippen LogP contribution in [0, 0.1) is 0 Å². The summed E-state index contributed by atoms with van der Waals surface area (Å²) in [5.74, 6) is -2.73. The number of hydrogen-bond acceptors (Lipinski definition) is 7. The Hall–Kier alpha value is -1.84. The van der Waals surface area contributed by atoms with Gasteiger partial charge in [-0.2, -0.15) is 13.2 Å². The summed E-state index contributed by atoms with van der Waals surface area (Å²) >= 11 is 0. The number of halogens is 3. The van der Waals surface area contributed by atoms with Crippen molar-refractivity contribution < 1.29 is 46.5 Å². The Morgan fingerprint density at radius 1 is 0.955 bits per heavy atom. The average Bonchev–Trinajstić information content (AvgIpc) is 2.28. The zero-order valence-electron chi connectivity index (χ0n) is 12.0. The van der Waals surface area contributed by atoms with Crippen LogP contribution in [0.5, 0.6) is 0 Å². The summed E-state index contributed by atoms with van der Waals surface area (Å²) in [6.45, 7) is 2.89. The smallest absolute Gasteiger partial charge is 0.418 e. The Balaban J connectivity index is 3.07. The molecule has 0 spiro atoms. The van der Waals surface area contributed by atoms with E-state index in [0.29, 0.717) is 0 Å². The highest BCUT2D eigenvalue weighted by atomic mass is 19.4. The Labute approximate surface area is 123 Å². The number of rotatable bonds is 3. The molecule has 1 rings (SSSR count). The minimum absolute atomic E-state index is 0.385. The second-order valence-electron chi connectivity index (χ2n) is 4.59. The van der Waals surface area contributed by atoms with Gasteiger partial charge in [-0.3, -0.25) is 14.4 Å². The summed E-state index contributed by atoms with van der Waals surface area (Å²) in [5.41, 5.74) is 0. The summed E-state index contributed by atoms with van der Waals surface area (Å²) in [5, 5.41) is 0. The van der Waals surface area contributed by atoms with Crippen molar-refractivity contribution in [2.75, 3.05) is 0 Å². The molecule has 1 fully saturated rings. The van der Waals surface area contributed by atoms with Crippen LogP contribution in [0.4, 0.5) is 13.2 Å². The maximum Gasteiger partial charge on any atom is 0.418 e. The highest BCUT2D eigenvalue weighted by molar-refractivity contribution is 5.67. The van der Waals surface area contributed by atoms with Gasteiger partial charge in [-0.25, -0.2) is 0 Å². The number of esters is 3. The number of hydrogen-bond donors (Lipinski definition) is 0. The number of alkyl halides is 3. The molecule has 0 amide bonds. The van der Waals surface area contributed by atoms with Crippen molar-refractivity contribution in [1.82, 2.24) is 0 Å². The van der Waals surface area contributed by atoms with Crippen LogP contribution >= 0.6 is 0 Å². The minimum Gasteiger partial charge on any atom is -0.458 e. The van der Waals surface area contributed by atoms with Crippen molar-refractivity contribution >= 4 is 17.9 Å². The summed E-state index contributed by atoms with van der Waals surface area (Å²) in [6, 6.07) is 0. The first-order valence-electron chi connectivity index (χ1n) is 6.24. The monoisotopic (exact) mass is 328 g/mol. The number of ether oxygens (including phenoxy) is 4. The Morgan fingerprint density at radius 2 is 1.45 bits per heavy atom. The van der Waals surface area contributed by atoms with E-state index in [1.807, 2.05) is 0 Å². The largest absolute Gasteiger partial charge is 0.458 e. The molecule has 1 aliphatic heterocycles. The Bertz CT molecular complexity index is 448. The maximum absolute atomic E-state index is 13.1. The van der Waals surface area contributed by atoms with Gasteiger partial charge in [-0.05, 0) is 0 Å². The lowest BCUT2D eigenvalue weighted by Gasteiger charge is -2.40. The summed E-state index contributed by atoms with van der Waals surface area (Å²) in [6.07, 6.45) is -12.8. The summed E-state index contributed by atoms with van der Waals surface area (Å²) < 4.78 is 57.8. The van der Waals surface area contributed by atoms with E-state index in [4.69, 9.17) is 4.74 Å². The quantitative estimate of drug-likeness (QED) is 0.566. The van der Waals surface area contributed by atoms with Crippen molar-refractivity contribution in [3.05, 3.63) is 0 Å². The van der Waals surface area contributed by atoms with Crippen LogP contribution in [0.1, 0.15) is 27.2 Å². The second kappa shape index (κ2) is 6.95. The van der Waals surface area contributed by atoms with E-state index in [2.05, 4.69) is 14.2 Å². The first-order chi connectivity index (χ1) is 10.0. The fraction of sp³-hybridized carbons (Fsp3) is 0.750. The first kappa shape index (κ1) is 18.2. The zero-order valence-corrected chi connectivity index (χ0v) is 12.0. The van der Waals surface area contributed by atoms with Gasteiger partial charge in [-0.15, -0.1) is 0 Å². The van der Waals surface area contributed by atoms with Gasteiger partial charge in [0.05, 0.1) is 6.42 Å². The molecule has 1 saturated heterocycles. The van der Waals surface area contributed by atoms with Gasteiger partial charge in [0.2, 0.25) is 6.29 Å². The van der Waals surface area contributed by atoms with Crippen LogP contribution in [-0.2, 0) is 33.3 Å². The van der Waals surface area contributed by atoms with Crippen LogP contribution in [0.15, 0.2) is 0 Å². The van der Waals surface area contributed by atoms with Crippen LogP contribution in [0.3, 0.4) is 0 Å². The molecular formula is C12H15F3O7. The maximum atomic E-state index is 13.1. The highest BCUT2D eigenvalue weighted by Gasteiger charge is 2.56. The predicted octanol–water partition coefficient (Wildman–Crippen LogP) is 1.09. The average molecular weight is 328 g/mol. The van der Waals surface area contributed by atoms with Crippen molar-refractivity contribution in [2.45, 2.75) is 58.0 Å². The Morgan fingerprint density at radius 3 is 1.86 bits per heavy atom.